The predicted molar refractivity (Wildman–Crippen MR) is 94.5 cm³/mol. The molecule has 24 heavy (non-hydrogen) atoms. The minimum absolute atomic E-state index is 0.0115. The molecule has 2 aromatic rings. The van der Waals surface area contributed by atoms with Crippen LogP contribution >= 0.6 is 15.9 Å². The van der Waals surface area contributed by atoms with Crippen LogP contribution in [0.25, 0.3) is 0 Å². The number of carbonyl (C=O) groups is 3. The summed E-state index contributed by atoms with van der Waals surface area (Å²) in [5.41, 5.74) is 1.81. The first-order chi connectivity index (χ1) is 11.4. The highest BCUT2D eigenvalue weighted by molar-refractivity contribution is 9.10. The normalized spacial score (nSPS) is 10.2. The number of aromatic carboxylic acids is 1. The molecule has 0 heterocycles. The molecule has 0 fully saturated rings. The van der Waals surface area contributed by atoms with Crippen molar-refractivity contribution in [3.05, 3.63) is 63.6 Å². The van der Waals surface area contributed by atoms with E-state index in [0.29, 0.717) is 10.0 Å². The Morgan fingerprint density at radius 2 is 1.71 bits per heavy atom. The van der Waals surface area contributed by atoms with Crippen molar-refractivity contribution in [1.29, 1.82) is 0 Å². The zero-order valence-corrected chi connectivity index (χ0v) is 14.6. The number of anilines is 1. The highest BCUT2D eigenvalue weighted by Crippen LogP contribution is 2.21. The number of ketones is 1. The summed E-state index contributed by atoms with van der Waals surface area (Å²) in [5, 5.41) is 11.7. The van der Waals surface area contributed by atoms with Gasteiger partial charge in [-0.2, -0.15) is 0 Å². The van der Waals surface area contributed by atoms with E-state index < -0.39 is 11.9 Å². The molecule has 6 heteroatoms. The number of aryl methyl sites for hydroxylation is 1. The molecule has 0 radical (unpaired) electrons. The van der Waals surface area contributed by atoms with E-state index in [1.807, 2.05) is 19.1 Å². The Morgan fingerprint density at radius 3 is 2.33 bits per heavy atom. The molecule has 2 aromatic carbocycles. The largest absolute Gasteiger partial charge is 0.478 e. The third kappa shape index (κ3) is 4.76. The highest BCUT2D eigenvalue weighted by atomic mass is 79.9. The van der Waals surface area contributed by atoms with E-state index in [1.54, 1.807) is 18.2 Å². The summed E-state index contributed by atoms with van der Waals surface area (Å²) in [7, 11) is 0. The molecule has 5 nitrogen and oxygen atoms in total. The molecule has 0 saturated heterocycles. The van der Waals surface area contributed by atoms with E-state index in [2.05, 4.69) is 21.2 Å². The summed E-state index contributed by atoms with van der Waals surface area (Å²) in [6, 6.07) is 11.7. The lowest BCUT2D eigenvalue weighted by atomic mass is 10.0. The molecular formula is C18H16BrNO4. The summed E-state index contributed by atoms with van der Waals surface area (Å²) in [5.74, 6) is -1.66. The van der Waals surface area contributed by atoms with E-state index in [4.69, 9.17) is 5.11 Å². The van der Waals surface area contributed by atoms with Crippen molar-refractivity contribution in [3.63, 3.8) is 0 Å². The lowest BCUT2D eigenvalue weighted by molar-refractivity contribution is -0.116. The first kappa shape index (κ1) is 17.9. The van der Waals surface area contributed by atoms with E-state index in [-0.39, 0.29) is 29.9 Å². The Kier molecular flexibility index (Phi) is 5.87. The predicted octanol–water partition coefficient (Wildman–Crippen LogP) is 4.06. The standard InChI is InChI=1S/C18H16BrNO4/c1-11-2-4-12(5-3-11)16(21)8-9-17(22)20-15-7-6-13(19)10-14(15)18(23)24/h2-7,10H,8-9H2,1H3,(H,20,22)(H,23,24). The molecule has 0 aliphatic rings. The van der Waals surface area contributed by atoms with Gasteiger partial charge < -0.3 is 10.4 Å². The third-order valence-corrected chi connectivity index (χ3v) is 3.93. The number of amides is 1. The average Bonchev–Trinajstić information content (AvgIpc) is 2.54. The summed E-state index contributed by atoms with van der Waals surface area (Å²) in [6.07, 6.45) is 0.0512. The fourth-order valence-electron chi connectivity index (χ4n) is 2.13. The molecule has 0 aliphatic carbocycles. The van der Waals surface area contributed by atoms with Crippen LogP contribution in [0.3, 0.4) is 0 Å². The first-order valence-electron chi connectivity index (χ1n) is 7.29. The van der Waals surface area contributed by atoms with Crippen molar-refractivity contribution in [3.8, 4) is 0 Å². The molecule has 0 aromatic heterocycles. The van der Waals surface area contributed by atoms with Crippen LogP contribution in [0.1, 0.15) is 39.1 Å². The van der Waals surface area contributed by atoms with Crippen LogP contribution in [0, 0.1) is 6.92 Å². The number of carboxylic acid groups (broad SMARTS) is 1. The summed E-state index contributed by atoms with van der Waals surface area (Å²) < 4.78 is 0.604. The minimum atomic E-state index is -1.14. The van der Waals surface area contributed by atoms with Crippen LogP contribution in [-0.4, -0.2) is 22.8 Å². The fraction of sp³-hybridized carbons (Fsp3) is 0.167. The lowest BCUT2D eigenvalue weighted by Gasteiger charge is -2.09. The Bertz CT molecular complexity index is 784. The molecule has 1 amide bonds. The molecule has 0 bridgehead atoms. The second kappa shape index (κ2) is 7.88. The monoisotopic (exact) mass is 389 g/mol. The van der Waals surface area contributed by atoms with Crippen molar-refractivity contribution in [2.24, 2.45) is 0 Å². The smallest absolute Gasteiger partial charge is 0.337 e. The molecule has 2 N–H and O–H groups in total. The molecule has 0 spiro atoms. The van der Waals surface area contributed by atoms with Crippen molar-refractivity contribution in [2.75, 3.05) is 5.32 Å². The summed E-state index contributed by atoms with van der Waals surface area (Å²) in [6.45, 7) is 1.93. The van der Waals surface area contributed by atoms with E-state index in [9.17, 15) is 14.4 Å². The number of rotatable bonds is 6. The van der Waals surface area contributed by atoms with Crippen molar-refractivity contribution in [2.45, 2.75) is 19.8 Å². The Labute approximate surface area is 147 Å². The first-order valence-corrected chi connectivity index (χ1v) is 8.08. The van der Waals surface area contributed by atoms with E-state index in [0.717, 1.165) is 5.56 Å². The highest BCUT2D eigenvalue weighted by Gasteiger charge is 2.14. The summed E-state index contributed by atoms with van der Waals surface area (Å²) in [4.78, 5) is 35.3. The van der Waals surface area contributed by atoms with Gasteiger partial charge in [-0.05, 0) is 25.1 Å². The van der Waals surface area contributed by atoms with Crippen LogP contribution in [0.2, 0.25) is 0 Å². The number of nitrogens with one attached hydrogen (secondary N) is 1. The van der Waals surface area contributed by atoms with Crippen molar-refractivity contribution in [1.82, 2.24) is 0 Å². The molecule has 2 rings (SSSR count). The number of halogens is 1. The van der Waals surface area contributed by atoms with Gasteiger partial charge in [0.25, 0.3) is 0 Å². The van der Waals surface area contributed by atoms with E-state index in [1.165, 1.54) is 12.1 Å². The van der Waals surface area contributed by atoms with Crippen molar-refractivity contribution >= 4 is 39.3 Å². The van der Waals surface area contributed by atoms with Crippen LogP contribution in [0.5, 0.6) is 0 Å². The van der Waals surface area contributed by atoms with Gasteiger partial charge in [-0.15, -0.1) is 0 Å². The minimum Gasteiger partial charge on any atom is -0.478 e. The second-order valence-electron chi connectivity index (χ2n) is 5.33. The van der Waals surface area contributed by atoms with Crippen molar-refractivity contribution < 1.29 is 19.5 Å². The van der Waals surface area contributed by atoms with Gasteiger partial charge in [-0.1, -0.05) is 45.8 Å². The van der Waals surface area contributed by atoms with Gasteiger partial charge in [0.15, 0.2) is 5.78 Å². The maximum atomic E-state index is 12.1. The number of hydrogen-bond donors (Lipinski definition) is 2. The van der Waals surface area contributed by atoms with Crippen LogP contribution in [0.15, 0.2) is 46.9 Å². The average molecular weight is 390 g/mol. The molecule has 0 saturated carbocycles. The van der Waals surface area contributed by atoms with Gasteiger partial charge >= 0.3 is 5.97 Å². The topological polar surface area (TPSA) is 83.5 Å². The van der Waals surface area contributed by atoms with Gasteiger partial charge in [-0.3, -0.25) is 9.59 Å². The Morgan fingerprint density at radius 1 is 1.04 bits per heavy atom. The SMILES string of the molecule is Cc1ccc(C(=O)CCC(=O)Nc2ccc(Br)cc2C(=O)O)cc1. The quantitative estimate of drug-likeness (QED) is 0.729. The van der Waals surface area contributed by atoms with Gasteiger partial charge in [0.2, 0.25) is 5.91 Å². The zero-order chi connectivity index (χ0) is 17.7. The van der Waals surface area contributed by atoms with Gasteiger partial charge in [-0.25, -0.2) is 4.79 Å². The van der Waals surface area contributed by atoms with Crippen LogP contribution < -0.4 is 5.32 Å². The maximum absolute atomic E-state index is 12.1. The number of benzene rings is 2. The number of Topliss-reactive ketones (excluding diaryl/α,β-unsaturated/α-hetero) is 1. The lowest BCUT2D eigenvalue weighted by Crippen LogP contribution is -2.16. The number of hydrogen-bond acceptors (Lipinski definition) is 3. The Hall–Kier alpha value is -2.47. The molecule has 0 aliphatic heterocycles. The molecular weight excluding hydrogens is 374 g/mol. The number of carbonyl (C=O) groups excluding carboxylic acids is 2. The molecule has 0 atom stereocenters. The fourth-order valence-corrected chi connectivity index (χ4v) is 2.49. The molecule has 124 valence electrons. The Balaban J connectivity index is 1.98. The van der Waals surface area contributed by atoms with Gasteiger partial charge in [0.1, 0.15) is 0 Å². The van der Waals surface area contributed by atoms with Gasteiger partial charge in [0.05, 0.1) is 11.3 Å². The number of carboxylic acids is 1. The second-order valence-corrected chi connectivity index (χ2v) is 6.25. The zero-order valence-electron chi connectivity index (χ0n) is 13.0. The van der Waals surface area contributed by atoms with Crippen LogP contribution in [-0.2, 0) is 4.79 Å². The maximum Gasteiger partial charge on any atom is 0.337 e. The third-order valence-electron chi connectivity index (χ3n) is 3.44. The van der Waals surface area contributed by atoms with Gasteiger partial charge in [0, 0.05) is 22.9 Å². The molecule has 0 unspecified atom stereocenters. The van der Waals surface area contributed by atoms with E-state index >= 15 is 0 Å². The van der Waals surface area contributed by atoms with Crippen LogP contribution in [0.4, 0.5) is 5.69 Å². The summed E-state index contributed by atoms with van der Waals surface area (Å²) >= 11 is 3.19.